The number of alkyl halides is 1. The number of fused-ring (bicyclic) bond motifs is 1. The highest BCUT2D eigenvalue weighted by Gasteiger charge is 2.31. The molecule has 110 valence electrons. The first-order valence-electron chi connectivity index (χ1n) is 7.00. The van der Waals surface area contributed by atoms with E-state index in [2.05, 4.69) is 22.0 Å². The number of benzene rings is 2. The molecule has 1 heterocycles. The summed E-state index contributed by atoms with van der Waals surface area (Å²) in [5.41, 5.74) is 2.24. The molecule has 2 nitrogen and oxygen atoms in total. The van der Waals surface area contributed by atoms with E-state index in [-0.39, 0.29) is 11.5 Å². The summed E-state index contributed by atoms with van der Waals surface area (Å²) in [7, 11) is 0. The maximum absolute atomic E-state index is 6.64. The van der Waals surface area contributed by atoms with Crippen molar-refractivity contribution in [2.75, 3.05) is 6.61 Å². The molecule has 1 aliphatic rings. The van der Waals surface area contributed by atoms with Crippen LogP contribution in [0.1, 0.15) is 23.4 Å². The Kier molecular flexibility index (Phi) is 4.41. The number of halogens is 2. The van der Waals surface area contributed by atoms with E-state index in [9.17, 15) is 0 Å². The lowest BCUT2D eigenvalue weighted by Crippen LogP contribution is -2.19. The van der Waals surface area contributed by atoms with Crippen molar-refractivity contribution in [2.45, 2.75) is 24.8 Å². The maximum atomic E-state index is 6.64. The predicted molar refractivity (Wildman–Crippen MR) is 88.5 cm³/mol. The molecule has 0 saturated carbocycles. The molecule has 2 aromatic carbocycles. The van der Waals surface area contributed by atoms with E-state index in [0.29, 0.717) is 6.61 Å². The van der Waals surface area contributed by atoms with Gasteiger partial charge < -0.3 is 9.47 Å². The lowest BCUT2D eigenvalue weighted by atomic mass is 10.0. The van der Waals surface area contributed by atoms with Crippen LogP contribution in [-0.4, -0.2) is 12.7 Å². The summed E-state index contributed by atoms with van der Waals surface area (Å²) in [4.78, 5) is 0. The Morgan fingerprint density at radius 1 is 1.33 bits per heavy atom. The zero-order chi connectivity index (χ0) is 14.8. The number of ether oxygens (including phenoxy) is 2. The van der Waals surface area contributed by atoms with Crippen LogP contribution < -0.4 is 9.47 Å². The lowest BCUT2D eigenvalue weighted by molar-refractivity contribution is 0.227. The van der Waals surface area contributed by atoms with Crippen molar-refractivity contribution in [1.29, 1.82) is 0 Å². The van der Waals surface area contributed by atoms with Crippen LogP contribution in [-0.2, 0) is 6.42 Å². The van der Waals surface area contributed by atoms with Gasteiger partial charge >= 0.3 is 0 Å². The van der Waals surface area contributed by atoms with Crippen LogP contribution in [0.5, 0.6) is 11.5 Å². The predicted octanol–water partition coefficient (Wildman–Crippen LogP) is 5.13. The number of rotatable bonds is 4. The van der Waals surface area contributed by atoms with Gasteiger partial charge in [0.25, 0.3) is 0 Å². The molecular formula is C17H16BrClO2. The molecule has 21 heavy (non-hydrogen) atoms. The van der Waals surface area contributed by atoms with Crippen molar-refractivity contribution in [2.24, 2.45) is 0 Å². The Morgan fingerprint density at radius 2 is 2.14 bits per heavy atom. The average Bonchev–Trinajstić information content (AvgIpc) is 2.91. The molecule has 1 aliphatic heterocycles. The lowest BCUT2D eigenvalue weighted by Gasteiger charge is -2.19. The second kappa shape index (κ2) is 6.29. The smallest absolute Gasteiger partial charge is 0.123 e. The van der Waals surface area contributed by atoms with Gasteiger partial charge in [-0.2, -0.15) is 0 Å². The molecule has 0 saturated heterocycles. The molecule has 3 rings (SSSR count). The minimum Gasteiger partial charge on any atom is -0.494 e. The monoisotopic (exact) mass is 366 g/mol. The molecule has 0 radical (unpaired) electrons. The van der Waals surface area contributed by atoms with Gasteiger partial charge in [-0.3, -0.25) is 0 Å². The van der Waals surface area contributed by atoms with Gasteiger partial charge in [0.2, 0.25) is 0 Å². The van der Waals surface area contributed by atoms with E-state index in [1.54, 1.807) is 0 Å². The Morgan fingerprint density at radius 3 is 2.86 bits per heavy atom. The fourth-order valence-electron chi connectivity index (χ4n) is 2.56. The topological polar surface area (TPSA) is 18.5 Å². The average molecular weight is 368 g/mol. The molecule has 2 aromatic rings. The van der Waals surface area contributed by atoms with Crippen LogP contribution in [0.4, 0.5) is 0 Å². The van der Waals surface area contributed by atoms with Crippen molar-refractivity contribution in [3.63, 3.8) is 0 Å². The van der Waals surface area contributed by atoms with Gasteiger partial charge in [-0.25, -0.2) is 0 Å². The number of hydrogen-bond acceptors (Lipinski definition) is 2. The summed E-state index contributed by atoms with van der Waals surface area (Å²) in [5.74, 6) is 1.78. The van der Waals surface area contributed by atoms with Crippen molar-refractivity contribution >= 4 is 27.5 Å². The first-order valence-corrected chi connectivity index (χ1v) is 8.23. The van der Waals surface area contributed by atoms with E-state index in [1.165, 1.54) is 5.56 Å². The van der Waals surface area contributed by atoms with Crippen molar-refractivity contribution in [3.05, 3.63) is 58.1 Å². The summed E-state index contributed by atoms with van der Waals surface area (Å²) in [6.45, 7) is 2.62. The minimum atomic E-state index is -0.206. The van der Waals surface area contributed by atoms with Crippen molar-refractivity contribution < 1.29 is 9.47 Å². The molecule has 0 aliphatic carbocycles. The summed E-state index contributed by atoms with van der Waals surface area (Å²) in [6.07, 6.45) is 0.794. The molecule has 0 aromatic heterocycles. The summed E-state index contributed by atoms with van der Waals surface area (Å²) in [6, 6.07) is 14.0. The first-order chi connectivity index (χ1) is 10.2. The van der Waals surface area contributed by atoms with Crippen molar-refractivity contribution in [1.82, 2.24) is 0 Å². The van der Waals surface area contributed by atoms with Crippen LogP contribution in [0.15, 0.2) is 46.9 Å². The molecule has 0 bridgehead atoms. The van der Waals surface area contributed by atoms with Gasteiger partial charge in [0.15, 0.2) is 0 Å². The van der Waals surface area contributed by atoms with Crippen LogP contribution >= 0.6 is 27.5 Å². The second-order valence-corrected chi connectivity index (χ2v) is 6.31. The number of para-hydroxylation sites is 1. The van der Waals surface area contributed by atoms with Crippen molar-refractivity contribution in [3.8, 4) is 11.5 Å². The van der Waals surface area contributed by atoms with E-state index in [4.69, 9.17) is 21.1 Å². The Hall–Kier alpha value is -1.19. The minimum absolute atomic E-state index is 0.0432. The zero-order valence-electron chi connectivity index (χ0n) is 11.7. The quantitative estimate of drug-likeness (QED) is 0.697. The normalized spacial score (nSPS) is 18.0. The van der Waals surface area contributed by atoms with Crippen LogP contribution in [0.2, 0.25) is 0 Å². The molecule has 0 N–H and O–H groups in total. The van der Waals surface area contributed by atoms with Gasteiger partial charge in [0.05, 0.1) is 12.0 Å². The number of hydrogen-bond donors (Lipinski definition) is 0. The highest BCUT2D eigenvalue weighted by molar-refractivity contribution is 9.10. The van der Waals surface area contributed by atoms with E-state index in [0.717, 1.165) is 28.0 Å². The van der Waals surface area contributed by atoms with Gasteiger partial charge in [-0.1, -0.05) is 40.2 Å². The fourth-order valence-corrected chi connectivity index (χ4v) is 3.63. The maximum Gasteiger partial charge on any atom is 0.123 e. The molecule has 2 unspecified atom stereocenters. The second-order valence-electron chi connectivity index (χ2n) is 4.99. The summed E-state index contributed by atoms with van der Waals surface area (Å²) in [5, 5.41) is -0.206. The zero-order valence-corrected chi connectivity index (χ0v) is 14.0. The standard InChI is InChI=1S/C17H16BrClO2/c1-2-20-12-7-8-13(14(18)10-12)17(19)16-9-11-5-3-4-6-15(11)21-16/h3-8,10,16-17H,2,9H2,1H3. The van der Waals surface area contributed by atoms with E-state index >= 15 is 0 Å². The third kappa shape index (κ3) is 3.04. The Bertz CT molecular complexity index is 619. The molecule has 0 amide bonds. The Labute approximate surface area is 138 Å². The molecule has 0 spiro atoms. The Balaban J connectivity index is 1.79. The van der Waals surface area contributed by atoms with E-state index in [1.807, 2.05) is 43.3 Å². The summed E-state index contributed by atoms with van der Waals surface area (Å²) >= 11 is 10.2. The first kappa shape index (κ1) is 14.7. The van der Waals surface area contributed by atoms with Gasteiger partial charge in [0, 0.05) is 10.9 Å². The molecule has 4 heteroatoms. The molecule has 0 fully saturated rings. The van der Waals surface area contributed by atoms with Crippen LogP contribution in [0.3, 0.4) is 0 Å². The summed E-state index contributed by atoms with van der Waals surface area (Å²) < 4.78 is 12.4. The highest BCUT2D eigenvalue weighted by Crippen LogP contribution is 2.40. The van der Waals surface area contributed by atoms with Crippen LogP contribution in [0, 0.1) is 0 Å². The largest absolute Gasteiger partial charge is 0.494 e. The van der Waals surface area contributed by atoms with E-state index < -0.39 is 0 Å². The highest BCUT2D eigenvalue weighted by atomic mass is 79.9. The van der Waals surface area contributed by atoms with Gasteiger partial charge in [-0.05, 0) is 36.2 Å². The SMILES string of the molecule is CCOc1ccc(C(Cl)C2Cc3ccccc3O2)c(Br)c1. The van der Waals surface area contributed by atoms with Crippen LogP contribution in [0.25, 0.3) is 0 Å². The molecule has 2 atom stereocenters. The third-order valence-electron chi connectivity index (χ3n) is 3.58. The van der Waals surface area contributed by atoms with Gasteiger partial charge in [-0.15, -0.1) is 11.6 Å². The van der Waals surface area contributed by atoms with Gasteiger partial charge in [0.1, 0.15) is 17.6 Å². The fraction of sp³-hybridized carbons (Fsp3) is 0.294. The molecular weight excluding hydrogens is 352 g/mol. The third-order valence-corrected chi connectivity index (χ3v) is 4.78.